The molecule has 0 saturated carbocycles. The van der Waals surface area contributed by atoms with Crippen LogP contribution in [-0.4, -0.2) is 46.7 Å². The third-order valence-corrected chi connectivity index (χ3v) is 5.95. The maximum Gasteiger partial charge on any atom is 0.417 e. The molecule has 0 atom stereocenters. The third-order valence-electron chi connectivity index (χ3n) is 4.21. The van der Waals surface area contributed by atoms with Gasteiger partial charge in [-0.05, 0) is 6.07 Å². The van der Waals surface area contributed by atoms with Crippen LogP contribution in [0.3, 0.4) is 0 Å². The third kappa shape index (κ3) is 4.20. The number of halogens is 5. The molecule has 3 heterocycles. The number of hydrogen-bond donors (Lipinski definition) is 0. The Morgan fingerprint density at radius 2 is 1.87 bits per heavy atom. The Hall–Kier alpha value is -2.83. The summed E-state index contributed by atoms with van der Waals surface area (Å²) in [6, 6.07) is 1.79. The molecule has 0 fully saturated rings. The molecule has 0 spiro atoms. The van der Waals surface area contributed by atoms with Crippen molar-refractivity contribution in [3.8, 4) is 17.4 Å². The highest BCUT2D eigenvalue weighted by molar-refractivity contribution is 7.91. The molecule has 3 aromatic rings. The van der Waals surface area contributed by atoms with Gasteiger partial charge in [0, 0.05) is 19.3 Å². The SMILES string of the molecule is CCS(=O)(=O)c1cc(C(F)(F)F)cnc1-c1nc2cc(OCC(F)F)ncc2n1C. The lowest BCUT2D eigenvalue weighted by atomic mass is 10.2. The topological polar surface area (TPSA) is 87.0 Å². The van der Waals surface area contributed by atoms with E-state index in [0.717, 1.165) is 0 Å². The highest BCUT2D eigenvalue weighted by Crippen LogP contribution is 2.35. The molecule has 0 aliphatic heterocycles. The van der Waals surface area contributed by atoms with E-state index in [1.165, 1.54) is 30.8 Å². The number of nitrogens with zero attached hydrogens (tertiary/aromatic N) is 4. The summed E-state index contributed by atoms with van der Waals surface area (Å²) < 4.78 is 95.0. The van der Waals surface area contributed by atoms with Crippen LogP contribution in [0.15, 0.2) is 29.4 Å². The fourth-order valence-electron chi connectivity index (χ4n) is 2.67. The second kappa shape index (κ2) is 7.78. The van der Waals surface area contributed by atoms with Gasteiger partial charge in [-0.2, -0.15) is 13.2 Å². The fraction of sp³-hybridized carbons (Fsp3) is 0.353. The zero-order valence-corrected chi connectivity index (χ0v) is 16.4. The maximum atomic E-state index is 13.1. The van der Waals surface area contributed by atoms with Crippen molar-refractivity contribution in [2.75, 3.05) is 12.4 Å². The van der Waals surface area contributed by atoms with Crippen molar-refractivity contribution in [1.29, 1.82) is 0 Å². The summed E-state index contributed by atoms with van der Waals surface area (Å²) in [5.74, 6) is -0.604. The molecule has 0 aromatic carbocycles. The van der Waals surface area contributed by atoms with Crippen molar-refractivity contribution in [2.45, 2.75) is 24.4 Å². The number of aryl methyl sites for hydroxylation is 1. The molecule has 162 valence electrons. The summed E-state index contributed by atoms with van der Waals surface area (Å²) in [5.41, 5.74) is -0.885. The van der Waals surface area contributed by atoms with Gasteiger partial charge in [0.05, 0.1) is 33.4 Å². The van der Waals surface area contributed by atoms with Crippen LogP contribution in [0, 0.1) is 0 Å². The molecule has 3 aromatic heterocycles. The van der Waals surface area contributed by atoms with Gasteiger partial charge in [-0.25, -0.2) is 27.2 Å². The molecule has 0 N–H and O–H groups in total. The number of imidazole rings is 1. The lowest BCUT2D eigenvalue weighted by Gasteiger charge is -2.12. The number of rotatable bonds is 6. The smallest absolute Gasteiger partial charge is 0.417 e. The van der Waals surface area contributed by atoms with Gasteiger partial charge < -0.3 is 9.30 Å². The molecule has 30 heavy (non-hydrogen) atoms. The first kappa shape index (κ1) is 21.9. The number of alkyl halides is 5. The van der Waals surface area contributed by atoms with Crippen molar-refractivity contribution in [2.24, 2.45) is 7.05 Å². The average molecular weight is 450 g/mol. The first-order valence-corrected chi connectivity index (χ1v) is 10.1. The zero-order chi connectivity index (χ0) is 22.3. The average Bonchev–Trinajstić information content (AvgIpc) is 3.01. The second-order valence-corrected chi connectivity index (χ2v) is 8.43. The Labute approximate surface area is 167 Å². The van der Waals surface area contributed by atoms with Crippen LogP contribution in [0.2, 0.25) is 0 Å². The lowest BCUT2D eigenvalue weighted by molar-refractivity contribution is -0.138. The number of hydrogen-bond acceptors (Lipinski definition) is 6. The number of sulfone groups is 1. The molecular formula is C17H15F5N4O3S. The molecular weight excluding hydrogens is 435 g/mol. The maximum absolute atomic E-state index is 13.1. The fourth-order valence-corrected chi connectivity index (χ4v) is 3.73. The van der Waals surface area contributed by atoms with E-state index in [1.807, 2.05) is 0 Å². The van der Waals surface area contributed by atoms with Gasteiger partial charge in [0.1, 0.15) is 5.69 Å². The highest BCUT2D eigenvalue weighted by Gasteiger charge is 2.34. The van der Waals surface area contributed by atoms with Crippen molar-refractivity contribution in [3.05, 3.63) is 30.1 Å². The normalized spacial score (nSPS) is 12.7. The van der Waals surface area contributed by atoms with Crippen LogP contribution < -0.4 is 4.74 Å². The largest absolute Gasteiger partial charge is 0.472 e. The summed E-state index contributed by atoms with van der Waals surface area (Å²) in [6.45, 7) is 0.419. The quantitative estimate of drug-likeness (QED) is 0.535. The summed E-state index contributed by atoms with van der Waals surface area (Å²) >= 11 is 0. The van der Waals surface area contributed by atoms with Crippen LogP contribution in [0.25, 0.3) is 22.6 Å². The molecule has 0 radical (unpaired) electrons. The molecule has 13 heteroatoms. The van der Waals surface area contributed by atoms with E-state index >= 15 is 0 Å². The lowest BCUT2D eigenvalue weighted by Crippen LogP contribution is -2.13. The van der Waals surface area contributed by atoms with E-state index in [0.29, 0.717) is 17.8 Å². The number of aromatic nitrogens is 4. The van der Waals surface area contributed by atoms with E-state index in [2.05, 4.69) is 15.0 Å². The Kier molecular flexibility index (Phi) is 5.67. The van der Waals surface area contributed by atoms with E-state index in [4.69, 9.17) is 4.74 Å². The van der Waals surface area contributed by atoms with Gasteiger partial charge in [0.25, 0.3) is 6.43 Å². The predicted molar refractivity (Wildman–Crippen MR) is 96.0 cm³/mol. The summed E-state index contributed by atoms with van der Waals surface area (Å²) in [7, 11) is -2.59. The van der Waals surface area contributed by atoms with Crippen molar-refractivity contribution in [3.63, 3.8) is 0 Å². The summed E-state index contributed by atoms with van der Waals surface area (Å²) in [5, 5.41) is 0. The Morgan fingerprint density at radius 1 is 1.17 bits per heavy atom. The van der Waals surface area contributed by atoms with E-state index in [9.17, 15) is 30.4 Å². The standard InChI is InChI=1S/C17H15F5N4O3S/c1-3-30(27,28)12-4-9(17(20,21)22)6-24-15(12)16-25-10-5-14(29-8-13(18)19)23-7-11(10)26(16)2/h4-7,13H,3,8H2,1-2H3. The van der Waals surface area contributed by atoms with Crippen molar-refractivity contribution >= 4 is 20.9 Å². The minimum atomic E-state index is -4.78. The van der Waals surface area contributed by atoms with Gasteiger partial charge in [-0.3, -0.25) is 4.98 Å². The molecule has 3 rings (SSSR count). The minimum absolute atomic E-state index is 0.0291. The molecule has 7 nitrogen and oxygen atoms in total. The van der Waals surface area contributed by atoms with E-state index < -0.39 is 45.3 Å². The van der Waals surface area contributed by atoms with E-state index in [1.54, 1.807) is 0 Å². The molecule has 0 amide bonds. The van der Waals surface area contributed by atoms with Crippen LogP contribution in [0.4, 0.5) is 22.0 Å². The zero-order valence-electron chi connectivity index (χ0n) is 15.6. The predicted octanol–water partition coefficient (Wildman–Crippen LogP) is 3.49. The van der Waals surface area contributed by atoms with Gasteiger partial charge in [-0.1, -0.05) is 6.92 Å². The van der Waals surface area contributed by atoms with Gasteiger partial charge in [0.15, 0.2) is 22.3 Å². The Balaban J connectivity index is 2.18. The molecule has 0 saturated heterocycles. The minimum Gasteiger partial charge on any atom is -0.472 e. The van der Waals surface area contributed by atoms with Gasteiger partial charge in [-0.15, -0.1) is 0 Å². The number of pyridine rings is 2. The molecule has 0 aliphatic rings. The first-order valence-electron chi connectivity index (χ1n) is 8.47. The van der Waals surface area contributed by atoms with Crippen LogP contribution in [0.5, 0.6) is 5.88 Å². The second-order valence-electron chi connectivity index (χ2n) is 6.18. The number of ether oxygens (including phenoxy) is 1. The highest BCUT2D eigenvalue weighted by atomic mass is 32.2. The molecule has 0 aliphatic carbocycles. The van der Waals surface area contributed by atoms with Crippen molar-refractivity contribution < 1.29 is 35.1 Å². The van der Waals surface area contributed by atoms with E-state index in [-0.39, 0.29) is 22.9 Å². The Morgan fingerprint density at radius 3 is 2.47 bits per heavy atom. The molecule has 0 bridgehead atoms. The Bertz CT molecular complexity index is 1190. The monoisotopic (exact) mass is 450 g/mol. The van der Waals surface area contributed by atoms with Crippen LogP contribution in [-0.2, 0) is 23.1 Å². The van der Waals surface area contributed by atoms with Crippen molar-refractivity contribution in [1.82, 2.24) is 19.5 Å². The van der Waals surface area contributed by atoms with Crippen LogP contribution >= 0.6 is 0 Å². The summed E-state index contributed by atoms with van der Waals surface area (Å²) in [6.07, 6.45) is -5.69. The van der Waals surface area contributed by atoms with Gasteiger partial charge >= 0.3 is 6.18 Å². The van der Waals surface area contributed by atoms with Crippen LogP contribution in [0.1, 0.15) is 12.5 Å². The van der Waals surface area contributed by atoms with Gasteiger partial charge in [0.2, 0.25) is 5.88 Å². The number of fused-ring (bicyclic) bond motifs is 1. The first-order chi connectivity index (χ1) is 13.9. The molecule has 0 unspecified atom stereocenters. The summed E-state index contributed by atoms with van der Waals surface area (Å²) in [4.78, 5) is 11.2.